The van der Waals surface area contributed by atoms with Gasteiger partial charge in [0.05, 0.1) is 24.2 Å². The minimum absolute atomic E-state index is 0.146. The van der Waals surface area contributed by atoms with E-state index in [1.54, 1.807) is 6.92 Å². The Morgan fingerprint density at radius 3 is 2.52 bits per heavy atom. The molecule has 0 saturated carbocycles. The highest BCUT2D eigenvalue weighted by molar-refractivity contribution is 9.10. The summed E-state index contributed by atoms with van der Waals surface area (Å²) >= 11 is 3.06. The summed E-state index contributed by atoms with van der Waals surface area (Å²) in [4.78, 5) is 24.1. The zero-order valence-corrected chi connectivity index (χ0v) is 13.6. The summed E-state index contributed by atoms with van der Waals surface area (Å²) in [5.74, 6) is -0.567. The lowest BCUT2D eigenvalue weighted by Crippen LogP contribution is -2.41. The smallest absolute Gasteiger partial charge is 0.422 e. The van der Waals surface area contributed by atoms with E-state index in [0.29, 0.717) is 0 Å². The van der Waals surface area contributed by atoms with Crippen molar-refractivity contribution in [2.45, 2.75) is 11.8 Å². The van der Waals surface area contributed by atoms with Gasteiger partial charge in [-0.1, -0.05) is 0 Å². The molecule has 0 aliphatic heterocycles. The molecule has 0 unspecified atom stereocenters. The van der Waals surface area contributed by atoms with Crippen LogP contribution in [0.5, 0.6) is 0 Å². The second-order valence-electron chi connectivity index (χ2n) is 3.59. The molecule has 0 spiro atoms. The predicted octanol–water partition coefficient (Wildman–Crippen LogP) is 1.18. The van der Waals surface area contributed by atoms with Crippen molar-refractivity contribution < 1.29 is 27.5 Å². The number of esters is 1. The van der Waals surface area contributed by atoms with Crippen LogP contribution in [0.25, 0.3) is 0 Å². The normalized spacial score (nSPS) is 10.8. The zero-order valence-electron chi connectivity index (χ0n) is 11.2. The van der Waals surface area contributed by atoms with E-state index in [2.05, 4.69) is 20.7 Å². The van der Waals surface area contributed by atoms with Crippen LogP contribution in [-0.4, -0.2) is 34.2 Å². The summed E-state index contributed by atoms with van der Waals surface area (Å²) in [5.41, 5.74) is 2.04. The number of carbonyl (C=O) groups is 2. The van der Waals surface area contributed by atoms with Gasteiger partial charge in [0, 0.05) is 4.47 Å². The van der Waals surface area contributed by atoms with Gasteiger partial charge in [0.15, 0.2) is 0 Å². The molecule has 0 bridgehead atoms. The highest BCUT2D eigenvalue weighted by Gasteiger charge is 2.20. The van der Waals surface area contributed by atoms with Crippen molar-refractivity contribution in [3.63, 3.8) is 0 Å². The van der Waals surface area contributed by atoms with Crippen LogP contribution in [-0.2, 0) is 19.5 Å². The van der Waals surface area contributed by atoms with E-state index in [-0.39, 0.29) is 21.5 Å². The fourth-order valence-electron chi connectivity index (χ4n) is 1.28. The molecule has 8 nitrogen and oxygen atoms in total. The molecule has 0 aromatic heterocycles. The Bertz CT molecular complexity index is 646. The van der Waals surface area contributed by atoms with Crippen LogP contribution in [0.4, 0.5) is 4.79 Å². The Kier molecular flexibility index (Phi) is 6.12. The highest BCUT2D eigenvalue weighted by Crippen LogP contribution is 2.23. The van der Waals surface area contributed by atoms with Crippen LogP contribution < -0.4 is 10.3 Å². The molecule has 0 heterocycles. The van der Waals surface area contributed by atoms with Crippen molar-refractivity contribution in [3.8, 4) is 0 Å². The number of ether oxygens (including phenoxy) is 2. The number of benzene rings is 1. The Labute approximate surface area is 130 Å². The van der Waals surface area contributed by atoms with Gasteiger partial charge in [0.2, 0.25) is 0 Å². The van der Waals surface area contributed by atoms with Crippen LogP contribution in [0.1, 0.15) is 17.3 Å². The van der Waals surface area contributed by atoms with Gasteiger partial charge in [-0.25, -0.2) is 23.4 Å². The fourth-order valence-corrected chi connectivity index (χ4v) is 3.18. The molecular formula is C11H13BrN2O6S. The van der Waals surface area contributed by atoms with Gasteiger partial charge in [-0.2, -0.15) is 0 Å². The molecule has 0 radical (unpaired) electrons. The van der Waals surface area contributed by atoms with Crippen molar-refractivity contribution in [2.24, 2.45) is 0 Å². The van der Waals surface area contributed by atoms with Crippen molar-refractivity contribution in [3.05, 3.63) is 28.2 Å². The third-order valence-corrected chi connectivity index (χ3v) is 4.43. The summed E-state index contributed by atoms with van der Waals surface area (Å²) < 4.78 is 33.1. The zero-order chi connectivity index (χ0) is 16.0. The van der Waals surface area contributed by atoms with Gasteiger partial charge in [0.25, 0.3) is 10.0 Å². The number of sulfonamides is 1. The first-order valence-corrected chi connectivity index (χ1v) is 7.92. The number of amides is 1. The van der Waals surface area contributed by atoms with E-state index < -0.39 is 22.1 Å². The molecule has 116 valence electrons. The van der Waals surface area contributed by atoms with Crippen LogP contribution >= 0.6 is 15.9 Å². The monoisotopic (exact) mass is 380 g/mol. The molecule has 0 aliphatic carbocycles. The minimum atomic E-state index is -4.01. The number of methoxy groups -OCH3 is 1. The molecular weight excluding hydrogens is 368 g/mol. The lowest BCUT2D eigenvalue weighted by atomic mass is 10.2. The number of nitrogens with one attached hydrogen (secondary N) is 2. The van der Waals surface area contributed by atoms with Gasteiger partial charge in [-0.3, -0.25) is 0 Å². The lowest BCUT2D eigenvalue weighted by molar-refractivity contribution is 0.0526. The molecule has 21 heavy (non-hydrogen) atoms. The second kappa shape index (κ2) is 7.38. The molecule has 10 heteroatoms. The van der Waals surface area contributed by atoms with Gasteiger partial charge >= 0.3 is 12.1 Å². The quantitative estimate of drug-likeness (QED) is 0.585. The van der Waals surface area contributed by atoms with Crippen molar-refractivity contribution in [2.75, 3.05) is 13.7 Å². The second-order valence-corrected chi connectivity index (χ2v) is 6.09. The van der Waals surface area contributed by atoms with Crippen LogP contribution in [0.15, 0.2) is 27.6 Å². The van der Waals surface area contributed by atoms with E-state index in [0.717, 1.165) is 7.11 Å². The standard InChI is InChI=1S/C11H13BrN2O6S/c1-3-20-10(15)7-4-5-9(8(12)6-7)21(17,18)14-13-11(16)19-2/h4-6,14H,3H2,1-2H3,(H,13,16). The summed E-state index contributed by atoms with van der Waals surface area (Å²) in [6, 6.07) is 3.82. The van der Waals surface area contributed by atoms with Crippen molar-refractivity contribution in [1.29, 1.82) is 0 Å². The predicted molar refractivity (Wildman–Crippen MR) is 76.0 cm³/mol. The highest BCUT2D eigenvalue weighted by atomic mass is 79.9. The SMILES string of the molecule is CCOC(=O)c1ccc(S(=O)(=O)NNC(=O)OC)c(Br)c1. The maximum absolute atomic E-state index is 12.0. The largest absolute Gasteiger partial charge is 0.462 e. The molecule has 2 N–H and O–H groups in total. The number of rotatable bonds is 5. The number of halogens is 1. The Balaban J connectivity index is 2.98. The Morgan fingerprint density at radius 1 is 1.33 bits per heavy atom. The first-order valence-electron chi connectivity index (χ1n) is 5.64. The molecule has 0 aliphatic rings. The van der Waals surface area contributed by atoms with Gasteiger partial charge in [-0.05, 0) is 41.1 Å². The fraction of sp³-hybridized carbons (Fsp3) is 0.273. The van der Waals surface area contributed by atoms with E-state index in [9.17, 15) is 18.0 Å². The first-order chi connectivity index (χ1) is 9.81. The molecule has 1 aromatic rings. The van der Waals surface area contributed by atoms with Gasteiger partial charge in [-0.15, -0.1) is 4.83 Å². The Morgan fingerprint density at radius 2 is 2.00 bits per heavy atom. The summed E-state index contributed by atoms with van der Waals surface area (Å²) in [6.07, 6.45) is -0.960. The maximum Gasteiger partial charge on any atom is 0.422 e. The average Bonchev–Trinajstić information content (AvgIpc) is 2.44. The molecule has 0 atom stereocenters. The van der Waals surface area contributed by atoms with Gasteiger partial charge < -0.3 is 9.47 Å². The number of carbonyl (C=O) groups excluding carboxylic acids is 2. The third kappa shape index (κ3) is 4.69. The minimum Gasteiger partial charge on any atom is -0.462 e. The Hall–Kier alpha value is -1.65. The van der Waals surface area contributed by atoms with Crippen molar-refractivity contribution >= 4 is 38.0 Å². The van der Waals surface area contributed by atoms with E-state index in [1.165, 1.54) is 18.2 Å². The summed E-state index contributed by atoms with van der Waals surface area (Å²) in [7, 11) is -2.92. The lowest BCUT2D eigenvalue weighted by Gasteiger charge is -2.10. The number of hydrazine groups is 1. The topological polar surface area (TPSA) is 111 Å². The van der Waals surface area contributed by atoms with Crippen molar-refractivity contribution in [1.82, 2.24) is 10.3 Å². The molecule has 0 saturated heterocycles. The first kappa shape index (κ1) is 17.4. The van der Waals surface area contributed by atoms with E-state index >= 15 is 0 Å². The number of hydrogen-bond acceptors (Lipinski definition) is 6. The number of hydrogen-bond donors (Lipinski definition) is 2. The summed E-state index contributed by atoms with van der Waals surface area (Å²) in [5, 5.41) is 0. The summed E-state index contributed by atoms with van der Waals surface area (Å²) in [6.45, 7) is 1.87. The van der Waals surface area contributed by atoms with E-state index in [4.69, 9.17) is 4.74 Å². The van der Waals surface area contributed by atoms with Gasteiger partial charge in [0.1, 0.15) is 0 Å². The van der Waals surface area contributed by atoms with E-state index in [1.807, 2.05) is 10.3 Å². The van der Waals surface area contributed by atoms with Crippen LogP contribution in [0, 0.1) is 0 Å². The van der Waals surface area contributed by atoms with Crippen LogP contribution in [0.2, 0.25) is 0 Å². The molecule has 1 rings (SSSR count). The molecule has 0 fully saturated rings. The van der Waals surface area contributed by atoms with Crippen LogP contribution in [0.3, 0.4) is 0 Å². The maximum atomic E-state index is 12.0. The average molecular weight is 381 g/mol. The molecule has 1 amide bonds. The third-order valence-electron chi connectivity index (χ3n) is 2.21. The molecule has 1 aromatic carbocycles.